The molecule has 0 radical (unpaired) electrons. The van der Waals surface area contributed by atoms with Gasteiger partial charge in [-0.2, -0.15) is 18.2 Å². The summed E-state index contributed by atoms with van der Waals surface area (Å²) in [5.74, 6) is 1.96. The van der Waals surface area contributed by atoms with Crippen LogP contribution in [0.4, 0.5) is 0 Å². The Labute approximate surface area is 347 Å². The summed E-state index contributed by atoms with van der Waals surface area (Å²) in [5, 5.41) is 7.04. The molecule has 0 unspecified atom stereocenters. The van der Waals surface area contributed by atoms with Crippen LogP contribution in [-0.2, 0) is 35.2 Å². The van der Waals surface area contributed by atoms with E-state index in [1.807, 2.05) is 70.9 Å². The smallest absolute Gasteiger partial charge is 0.242 e. The van der Waals surface area contributed by atoms with Crippen molar-refractivity contribution < 1.29 is 30.4 Å². The fourth-order valence-corrected chi connectivity index (χ4v) is 9.05. The SMILES string of the molecule is Cn1[c-][n+](-c2[c-]c(Oc3[c-]c4c(cc3)c3c(c5c(c6ccccc6n5C)c5c6ccccc6n(-c6ccccc6)c53)n4-c3ccccn3)ccc2)c2ccccc21.[Pt]. The second-order valence-corrected chi connectivity index (χ2v) is 14.5. The molecule has 0 bridgehead atoms. The van der Waals surface area contributed by atoms with E-state index >= 15 is 0 Å². The van der Waals surface area contributed by atoms with Gasteiger partial charge in [0.1, 0.15) is 5.82 Å². The van der Waals surface area contributed by atoms with Crippen LogP contribution in [0.25, 0.3) is 93.6 Å². The van der Waals surface area contributed by atoms with Gasteiger partial charge < -0.3 is 27.6 Å². The largest absolute Gasteiger partial charge is 0.510 e. The monoisotopic (exact) mass is 927 g/mol. The zero-order valence-electron chi connectivity index (χ0n) is 31.4. The molecule has 0 aliphatic rings. The van der Waals surface area contributed by atoms with Crippen LogP contribution in [0.15, 0.2) is 158 Å². The Kier molecular flexibility index (Phi) is 7.72. The van der Waals surface area contributed by atoms with E-state index in [1.165, 1.54) is 27.1 Å². The van der Waals surface area contributed by atoms with Gasteiger partial charge in [-0.05, 0) is 41.8 Å². The van der Waals surface area contributed by atoms with Gasteiger partial charge >= 0.3 is 0 Å². The van der Waals surface area contributed by atoms with Crippen LogP contribution in [0.1, 0.15) is 0 Å². The Morgan fingerprint density at radius 1 is 0.534 bits per heavy atom. The number of imidazole rings is 1. The molecule has 7 aromatic carbocycles. The second kappa shape index (κ2) is 13.1. The Morgan fingerprint density at radius 2 is 1.22 bits per heavy atom. The summed E-state index contributed by atoms with van der Waals surface area (Å²) in [6.07, 6.45) is 5.27. The fourth-order valence-electron chi connectivity index (χ4n) is 9.05. The Hall–Kier alpha value is -6.95. The van der Waals surface area contributed by atoms with Crippen LogP contribution in [0, 0.1) is 18.5 Å². The third-order valence-corrected chi connectivity index (χ3v) is 11.4. The quantitative estimate of drug-likeness (QED) is 0.128. The number of hydrogen-bond acceptors (Lipinski definition) is 2. The summed E-state index contributed by atoms with van der Waals surface area (Å²) < 4.78 is 17.7. The van der Waals surface area contributed by atoms with Crippen molar-refractivity contribution in [1.29, 1.82) is 0 Å². The third kappa shape index (κ3) is 4.83. The molecule has 5 aromatic heterocycles. The van der Waals surface area contributed by atoms with Crippen LogP contribution >= 0.6 is 0 Å². The van der Waals surface area contributed by atoms with Gasteiger partial charge in [-0.15, -0.1) is 24.3 Å². The van der Waals surface area contributed by atoms with Gasteiger partial charge in [0.25, 0.3) is 0 Å². The third-order valence-electron chi connectivity index (χ3n) is 11.4. The van der Waals surface area contributed by atoms with E-state index in [9.17, 15) is 0 Å². The van der Waals surface area contributed by atoms with Gasteiger partial charge in [0.05, 0.1) is 40.1 Å². The zero-order chi connectivity index (χ0) is 37.8. The van der Waals surface area contributed by atoms with Crippen LogP contribution < -0.4 is 9.30 Å². The topological polar surface area (TPSA) is 45.7 Å². The van der Waals surface area contributed by atoms with Crippen molar-refractivity contribution in [2.75, 3.05) is 0 Å². The first-order valence-corrected chi connectivity index (χ1v) is 19.0. The number of hydrogen-bond donors (Lipinski definition) is 0. The van der Waals surface area contributed by atoms with Gasteiger partial charge in [0, 0.05) is 78.6 Å². The maximum atomic E-state index is 6.65. The zero-order valence-corrected chi connectivity index (χ0v) is 33.7. The molecule has 5 heterocycles. The van der Waals surface area contributed by atoms with Crippen molar-refractivity contribution >= 4 is 76.5 Å². The number of aryl methyl sites for hydroxylation is 2. The minimum absolute atomic E-state index is 0. The van der Waals surface area contributed by atoms with E-state index in [2.05, 4.69) is 142 Å². The van der Waals surface area contributed by atoms with Gasteiger partial charge in [-0.1, -0.05) is 102 Å². The predicted molar refractivity (Wildman–Crippen MR) is 228 cm³/mol. The summed E-state index contributed by atoms with van der Waals surface area (Å²) in [6, 6.07) is 59.9. The van der Waals surface area contributed by atoms with E-state index in [0.29, 0.717) is 11.5 Å². The molecule has 0 saturated heterocycles. The van der Waals surface area contributed by atoms with Gasteiger partial charge in [0.15, 0.2) is 0 Å². The maximum Gasteiger partial charge on any atom is 0.242 e. The van der Waals surface area contributed by atoms with Gasteiger partial charge in [-0.25, -0.2) is 4.98 Å². The van der Waals surface area contributed by atoms with Crippen molar-refractivity contribution in [2.45, 2.75) is 0 Å². The first-order valence-electron chi connectivity index (χ1n) is 19.0. The number of nitrogens with zero attached hydrogens (tertiary/aromatic N) is 6. The van der Waals surface area contributed by atoms with Crippen LogP contribution in [0.5, 0.6) is 11.5 Å². The fraction of sp³-hybridized carbons (Fsp3) is 0.0400. The normalized spacial score (nSPS) is 11.8. The molecule has 0 aliphatic carbocycles. The van der Waals surface area contributed by atoms with Gasteiger partial charge in [-0.3, -0.25) is 0 Å². The van der Waals surface area contributed by atoms with Crippen molar-refractivity contribution in [3.63, 3.8) is 0 Å². The molecule has 7 nitrogen and oxygen atoms in total. The van der Waals surface area contributed by atoms with Crippen LogP contribution in [0.3, 0.4) is 0 Å². The maximum absolute atomic E-state index is 6.65. The number of aromatic nitrogens is 6. The summed E-state index contributed by atoms with van der Waals surface area (Å²) in [7, 11) is 4.18. The van der Waals surface area contributed by atoms with Crippen LogP contribution in [0.2, 0.25) is 0 Å². The number of benzene rings is 7. The Balaban J connectivity index is 0.00000385. The molecule has 0 atom stereocenters. The number of para-hydroxylation sites is 5. The molecule has 0 amide bonds. The molecule has 12 rings (SSSR count). The summed E-state index contributed by atoms with van der Waals surface area (Å²) >= 11 is 0. The Bertz CT molecular complexity index is 3580. The minimum atomic E-state index is 0. The molecule has 0 fully saturated rings. The summed E-state index contributed by atoms with van der Waals surface area (Å²) in [5.41, 5.74) is 10.6. The van der Waals surface area contributed by atoms with E-state index in [0.717, 1.165) is 66.6 Å². The van der Waals surface area contributed by atoms with Crippen LogP contribution in [-0.4, -0.2) is 23.3 Å². The molecule has 12 aromatic rings. The van der Waals surface area contributed by atoms with Gasteiger partial charge in [0.2, 0.25) is 6.33 Å². The molecular weight excluding hydrogens is 896 g/mol. The first-order chi connectivity index (χ1) is 28.1. The van der Waals surface area contributed by atoms with Crippen molar-refractivity contribution in [3.05, 3.63) is 176 Å². The summed E-state index contributed by atoms with van der Waals surface area (Å²) in [6.45, 7) is 0. The standard InChI is InChI=1S/C50H32N6O.Pt/c1-52-31-54(42-24-11-10-23-41(42)52)33-17-14-18-34(29-33)57-35-26-27-38-43(30-35)56(44-25-12-13-28-51-44)50-47(38)48-45(46-36-19-6-8-21-39(36)53(2)49(46)50)37-20-7-9-22-40(37)55(48)32-15-4-3-5-16-32;/h3-28H,1-2H3;/q-2;. The summed E-state index contributed by atoms with van der Waals surface area (Å²) in [4.78, 5) is 4.97. The molecule has 0 saturated carbocycles. The first kappa shape index (κ1) is 34.3. The predicted octanol–water partition coefficient (Wildman–Crippen LogP) is 10.9. The number of fused-ring (bicyclic) bond motifs is 13. The van der Waals surface area contributed by atoms with Crippen molar-refractivity contribution in [3.8, 4) is 28.7 Å². The second-order valence-electron chi connectivity index (χ2n) is 14.5. The van der Waals surface area contributed by atoms with Crippen molar-refractivity contribution in [2.24, 2.45) is 14.1 Å². The van der Waals surface area contributed by atoms with E-state index < -0.39 is 0 Å². The Morgan fingerprint density at radius 3 is 2.03 bits per heavy atom. The van der Waals surface area contributed by atoms with E-state index in [1.54, 1.807) is 0 Å². The molecule has 58 heavy (non-hydrogen) atoms. The van der Waals surface area contributed by atoms with Crippen molar-refractivity contribution in [1.82, 2.24) is 23.3 Å². The molecule has 0 spiro atoms. The van der Waals surface area contributed by atoms with E-state index in [-0.39, 0.29) is 21.1 Å². The average Bonchev–Trinajstić information content (AvgIpc) is 3.98. The number of rotatable bonds is 5. The molecule has 0 N–H and O–H groups in total. The average molecular weight is 928 g/mol. The number of pyridine rings is 1. The molecular formula is C50H32N6OPt-2. The minimum Gasteiger partial charge on any atom is -0.510 e. The molecule has 0 aliphatic heterocycles. The van der Waals surface area contributed by atoms with E-state index in [4.69, 9.17) is 9.72 Å². The molecule has 8 heteroatoms. The number of ether oxygens (including phenoxy) is 1. The molecule has 280 valence electrons.